The van der Waals surface area contributed by atoms with Gasteiger partial charge in [-0.05, 0) is 49.6 Å². The summed E-state index contributed by atoms with van der Waals surface area (Å²) in [6.45, 7) is 5.93. The maximum atomic E-state index is 14.0. The first-order valence-electron chi connectivity index (χ1n) is 6.67. The van der Waals surface area contributed by atoms with Gasteiger partial charge in [0.1, 0.15) is 16.5 Å². The topological polar surface area (TPSA) is 25.8 Å². The van der Waals surface area contributed by atoms with Gasteiger partial charge in [-0.2, -0.15) is 0 Å². The van der Waals surface area contributed by atoms with E-state index in [0.717, 1.165) is 16.7 Å². The Morgan fingerprint density at radius 1 is 0.905 bits per heavy atom. The van der Waals surface area contributed by atoms with E-state index < -0.39 is 0 Å². The van der Waals surface area contributed by atoms with Crippen LogP contribution in [0.3, 0.4) is 0 Å². The molecule has 2 nitrogen and oxygen atoms in total. The Kier molecular flexibility index (Phi) is 3.38. The summed E-state index contributed by atoms with van der Waals surface area (Å²) in [7, 11) is 0. The number of nitrogens with zero attached hydrogens (tertiary/aromatic N) is 2. The number of rotatable bonds is 1. The first-order valence-corrected chi connectivity index (χ1v) is 7.05. The summed E-state index contributed by atoms with van der Waals surface area (Å²) in [4.78, 5) is 8.70. The lowest BCUT2D eigenvalue weighted by Crippen LogP contribution is -1.96. The number of hydrogen-bond donors (Lipinski definition) is 0. The SMILES string of the molecule is Cc1ccc(-c2nc(Cl)c3c(C)ccc(F)c3n2)cc1C. The lowest BCUT2D eigenvalue weighted by molar-refractivity contribution is 0.636. The molecule has 0 amide bonds. The molecule has 0 unspecified atom stereocenters. The Labute approximate surface area is 127 Å². The van der Waals surface area contributed by atoms with Crippen molar-refractivity contribution >= 4 is 22.5 Å². The third-order valence-corrected chi connectivity index (χ3v) is 4.00. The summed E-state index contributed by atoms with van der Waals surface area (Å²) in [5.41, 5.74) is 4.29. The summed E-state index contributed by atoms with van der Waals surface area (Å²) in [6, 6.07) is 9.00. The van der Waals surface area contributed by atoms with Crippen LogP contribution in [-0.4, -0.2) is 9.97 Å². The highest BCUT2D eigenvalue weighted by molar-refractivity contribution is 6.34. The second-order valence-corrected chi connectivity index (χ2v) is 5.58. The third kappa shape index (κ3) is 2.38. The maximum absolute atomic E-state index is 14.0. The molecule has 3 rings (SSSR count). The Hall–Kier alpha value is -2.00. The van der Waals surface area contributed by atoms with E-state index in [-0.39, 0.29) is 16.5 Å². The van der Waals surface area contributed by atoms with Crippen LogP contribution in [0.4, 0.5) is 4.39 Å². The molecule has 2 aromatic carbocycles. The summed E-state index contributed by atoms with van der Waals surface area (Å²) < 4.78 is 14.0. The van der Waals surface area contributed by atoms with Gasteiger partial charge in [-0.3, -0.25) is 0 Å². The molecule has 0 atom stereocenters. The van der Waals surface area contributed by atoms with Crippen molar-refractivity contribution in [2.75, 3.05) is 0 Å². The van der Waals surface area contributed by atoms with Crippen molar-refractivity contribution in [3.05, 3.63) is 58.0 Å². The van der Waals surface area contributed by atoms with E-state index in [1.54, 1.807) is 6.07 Å². The Bertz CT molecular complexity index is 859. The molecule has 0 saturated heterocycles. The molecule has 0 radical (unpaired) electrons. The molecule has 21 heavy (non-hydrogen) atoms. The number of aromatic nitrogens is 2. The van der Waals surface area contributed by atoms with E-state index in [9.17, 15) is 4.39 Å². The van der Waals surface area contributed by atoms with Crippen LogP contribution in [0.5, 0.6) is 0 Å². The lowest BCUT2D eigenvalue weighted by atomic mass is 10.1. The normalized spacial score (nSPS) is 11.1. The van der Waals surface area contributed by atoms with Crippen LogP contribution in [0.25, 0.3) is 22.3 Å². The first-order chi connectivity index (χ1) is 9.97. The van der Waals surface area contributed by atoms with E-state index in [0.29, 0.717) is 11.2 Å². The van der Waals surface area contributed by atoms with Crippen molar-refractivity contribution in [1.82, 2.24) is 9.97 Å². The predicted octanol–water partition coefficient (Wildman–Crippen LogP) is 5.01. The highest BCUT2D eigenvalue weighted by Gasteiger charge is 2.13. The number of aryl methyl sites for hydroxylation is 3. The molecule has 0 spiro atoms. The molecule has 0 aliphatic rings. The summed E-state index contributed by atoms with van der Waals surface area (Å²) in [5.74, 6) is 0.0603. The number of hydrogen-bond acceptors (Lipinski definition) is 2. The van der Waals surface area contributed by atoms with Gasteiger partial charge in [-0.25, -0.2) is 14.4 Å². The zero-order valence-corrected chi connectivity index (χ0v) is 12.8. The van der Waals surface area contributed by atoms with Gasteiger partial charge < -0.3 is 0 Å². The quantitative estimate of drug-likeness (QED) is 0.590. The van der Waals surface area contributed by atoms with Gasteiger partial charge in [-0.15, -0.1) is 0 Å². The fourth-order valence-corrected chi connectivity index (χ4v) is 2.64. The fourth-order valence-electron chi connectivity index (χ4n) is 2.33. The van der Waals surface area contributed by atoms with Crippen molar-refractivity contribution in [3.8, 4) is 11.4 Å². The zero-order chi connectivity index (χ0) is 15.1. The predicted molar refractivity (Wildman–Crippen MR) is 84.2 cm³/mol. The van der Waals surface area contributed by atoms with Gasteiger partial charge in [0.25, 0.3) is 0 Å². The average Bonchev–Trinajstić information content (AvgIpc) is 2.45. The zero-order valence-electron chi connectivity index (χ0n) is 12.0. The molecule has 0 saturated carbocycles. The molecule has 0 bridgehead atoms. The minimum atomic E-state index is -0.384. The second-order valence-electron chi connectivity index (χ2n) is 5.22. The van der Waals surface area contributed by atoms with E-state index in [1.165, 1.54) is 11.6 Å². The highest BCUT2D eigenvalue weighted by Crippen LogP contribution is 2.29. The molecule has 3 aromatic rings. The van der Waals surface area contributed by atoms with Crippen LogP contribution >= 0.6 is 11.6 Å². The van der Waals surface area contributed by atoms with Gasteiger partial charge in [0, 0.05) is 10.9 Å². The lowest BCUT2D eigenvalue weighted by Gasteiger charge is -2.09. The van der Waals surface area contributed by atoms with Crippen molar-refractivity contribution in [3.63, 3.8) is 0 Å². The van der Waals surface area contributed by atoms with Gasteiger partial charge in [0.2, 0.25) is 0 Å². The highest BCUT2D eigenvalue weighted by atomic mass is 35.5. The molecule has 1 aromatic heterocycles. The summed E-state index contributed by atoms with van der Waals surface area (Å²) in [6.07, 6.45) is 0. The molecular formula is C17H14ClFN2. The minimum absolute atomic E-state index is 0.267. The van der Waals surface area contributed by atoms with Crippen LogP contribution < -0.4 is 0 Å². The Morgan fingerprint density at radius 2 is 1.62 bits per heavy atom. The van der Waals surface area contributed by atoms with Crippen LogP contribution in [-0.2, 0) is 0 Å². The van der Waals surface area contributed by atoms with Crippen molar-refractivity contribution in [2.45, 2.75) is 20.8 Å². The fraction of sp³-hybridized carbons (Fsp3) is 0.176. The first kappa shape index (κ1) is 14.0. The molecule has 4 heteroatoms. The van der Waals surface area contributed by atoms with Crippen molar-refractivity contribution in [1.29, 1.82) is 0 Å². The molecule has 1 heterocycles. The molecule has 0 aliphatic carbocycles. The number of benzene rings is 2. The molecule has 0 N–H and O–H groups in total. The standard InChI is InChI=1S/C17H14ClFN2/c1-9-4-6-12(8-11(9)3)17-20-15-13(19)7-5-10(2)14(15)16(18)21-17/h4-8H,1-3H3. The summed E-state index contributed by atoms with van der Waals surface area (Å²) in [5, 5.41) is 0.856. The van der Waals surface area contributed by atoms with Crippen molar-refractivity contribution < 1.29 is 4.39 Å². The van der Waals surface area contributed by atoms with Crippen molar-refractivity contribution in [2.24, 2.45) is 0 Å². The Morgan fingerprint density at radius 3 is 2.33 bits per heavy atom. The van der Waals surface area contributed by atoms with Gasteiger partial charge in [-0.1, -0.05) is 29.8 Å². The Balaban J connectivity index is 2.30. The van der Waals surface area contributed by atoms with Gasteiger partial charge in [0.05, 0.1) is 0 Å². The summed E-state index contributed by atoms with van der Waals surface area (Å²) >= 11 is 6.24. The molecule has 106 valence electrons. The molecular weight excluding hydrogens is 287 g/mol. The second kappa shape index (κ2) is 5.08. The number of halogens is 2. The maximum Gasteiger partial charge on any atom is 0.161 e. The minimum Gasteiger partial charge on any atom is -0.225 e. The van der Waals surface area contributed by atoms with Gasteiger partial charge >= 0.3 is 0 Å². The van der Waals surface area contributed by atoms with E-state index in [1.807, 2.05) is 39.0 Å². The van der Waals surface area contributed by atoms with E-state index in [4.69, 9.17) is 11.6 Å². The monoisotopic (exact) mass is 300 g/mol. The smallest absolute Gasteiger partial charge is 0.161 e. The largest absolute Gasteiger partial charge is 0.225 e. The average molecular weight is 301 g/mol. The van der Waals surface area contributed by atoms with Crippen LogP contribution in [0.2, 0.25) is 5.15 Å². The van der Waals surface area contributed by atoms with Crippen LogP contribution in [0.1, 0.15) is 16.7 Å². The third-order valence-electron chi connectivity index (χ3n) is 3.73. The van der Waals surface area contributed by atoms with E-state index >= 15 is 0 Å². The van der Waals surface area contributed by atoms with Gasteiger partial charge in [0.15, 0.2) is 5.82 Å². The number of fused-ring (bicyclic) bond motifs is 1. The molecule has 0 aliphatic heterocycles. The van der Waals surface area contributed by atoms with E-state index in [2.05, 4.69) is 9.97 Å². The van der Waals surface area contributed by atoms with Crippen LogP contribution in [0.15, 0.2) is 30.3 Å². The van der Waals surface area contributed by atoms with Crippen LogP contribution in [0, 0.1) is 26.6 Å². The molecule has 0 fully saturated rings.